The molecule has 5 heteroatoms. The van der Waals surface area contributed by atoms with Gasteiger partial charge in [-0.3, -0.25) is 9.20 Å². The van der Waals surface area contributed by atoms with Crippen molar-refractivity contribution < 1.29 is 4.79 Å². The van der Waals surface area contributed by atoms with Crippen molar-refractivity contribution in [1.82, 2.24) is 9.38 Å². The smallest absolute Gasteiger partial charge is 0.275 e. The van der Waals surface area contributed by atoms with E-state index in [0.29, 0.717) is 5.69 Å². The van der Waals surface area contributed by atoms with Crippen molar-refractivity contribution in [3.8, 4) is 0 Å². The Morgan fingerprint density at radius 3 is 3.04 bits per heavy atom. The van der Waals surface area contributed by atoms with E-state index in [-0.39, 0.29) is 5.91 Å². The number of fused-ring (bicyclic) bond motifs is 2. The number of anilines is 1. The molecule has 4 nitrogen and oxygen atoms in total. The predicted octanol–water partition coefficient (Wildman–Crippen LogP) is 3.89. The molecule has 1 aliphatic heterocycles. The molecule has 0 spiro atoms. The van der Waals surface area contributed by atoms with E-state index >= 15 is 0 Å². The Morgan fingerprint density at radius 2 is 2.17 bits per heavy atom. The van der Waals surface area contributed by atoms with Gasteiger partial charge in [0, 0.05) is 24.0 Å². The molecule has 0 bridgehead atoms. The van der Waals surface area contributed by atoms with Crippen LogP contribution >= 0.6 is 11.6 Å². The standard InChI is InChI=1S/C18H16ClN3O/c1-12-10-14(19)11-13-4-3-8-22(17(12)13)18(23)15-5-2-6-16-20-7-9-21(15)16/h2,5-7,9-11H,3-4,8H2,1H3. The van der Waals surface area contributed by atoms with Crippen LogP contribution in [-0.2, 0) is 6.42 Å². The van der Waals surface area contributed by atoms with Gasteiger partial charge in [-0.1, -0.05) is 17.7 Å². The van der Waals surface area contributed by atoms with Crippen LogP contribution in [0.1, 0.15) is 28.0 Å². The third kappa shape index (κ3) is 2.30. The van der Waals surface area contributed by atoms with Gasteiger partial charge in [-0.25, -0.2) is 4.98 Å². The summed E-state index contributed by atoms with van der Waals surface area (Å²) < 4.78 is 1.84. The maximum atomic E-state index is 13.2. The average Bonchev–Trinajstić information content (AvgIpc) is 3.01. The van der Waals surface area contributed by atoms with E-state index in [1.54, 1.807) is 6.20 Å². The third-order valence-corrected chi connectivity index (χ3v) is 4.55. The van der Waals surface area contributed by atoms with Gasteiger partial charge in [-0.05, 0) is 55.2 Å². The SMILES string of the molecule is Cc1cc(Cl)cc2c1N(C(=O)c1cccc3nccn13)CCC2. The Balaban J connectivity index is 1.84. The minimum atomic E-state index is -0.0000255. The summed E-state index contributed by atoms with van der Waals surface area (Å²) in [6.07, 6.45) is 5.43. The van der Waals surface area contributed by atoms with Crippen LogP contribution in [0.25, 0.3) is 5.65 Å². The highest BCUT2D eigenvalue weighted by atomic mass is 35.5. The summed E-state index contributed by atoms with van der Waals surface area (Å²) >= 11 is 6.17. The van der Waals surface area contributed by atoms with E-state index in [0.717, 1.165) is 46.9 Å². The number of amides is 1. The van der Waals surface area contributed by atoms with Crippen LogP contribution in [0.5, 0.6) is 0 Å². The van der Waals surface area contributed by atoms with Gasteiger partial charge in [0.05, 0.1) is 5.69 Å². The van der Waals surface area contributed by atoms with E-state index in [4.69, 9.17) is 11.6 Å². The van der Waals surface area contributed by atoms with Crippen LogP contribution < -0.4 is 4.90 Å². The Hall–Kier alpha value is -2.33. The quantitative estimate of drug-likeness (QED) is 0.680. The number of pyridine rings is 1. The second-order valence-corrected chi connectivity index (χ2v) is 6.29. The molecule has 1 aromatic carbocycles. The molecule has 4 rings (SSSR count). The molecule has 0 radical (unpaired) electrons. The van der Waals surface area contributed by atoms with Crippen LogP contribution in [0.4, 0.5) is 5.69 Å². The lowest BCUT2D eigenvalue weighted by atomic mass is 9.98. The topological polar surface area (TPSA) is 37.6 Å². The summed E-state index contributed by atoms with van der Waals surface area (Å²) in [5, 5.41) is 0.729. The maximum absolute atomic E-state index is 13.2. The number of nitrogens with zero attached hydrogens (tertiary/aromatic N) is 3. The summed E-state index contributed by atoms with van der Waals surface area (Å²) in [4.78, 5) is 19.3. The molecule has 0 unspecified atom stereocenters. The molecular formula is C18H16ClN3O. The Kier molecular flexibility index (Phi) is 3.34. The number of aryl methyl sites for hydroxylation is 2. The maximum Gasteiger partial charge on any atom is 0.275 e. The highest BCUT2D eigenvalue weighted by Gasteiger charge is 2.26. The Bertz CT molecular complexity index is 916. The van der Waals surface area contributed by atoms with Crippen LogP contribution in [0.2, 0.25) is 5.02 Å². The summed E-state index contributed by atoms with van der Waals surface area (Å²) in [5.41, 5.74) is 4.59. The minimum Gasteiger partial charge on any atom is -0.307 e. The van der Waals surface area contributed by atoms with E-state index in [1.165, 1.54) is 0 Å². The predicted molar refractivity (Wildman–Crippen MR) is 91.4 cm³/mol. The van der Waals surface area contributed by atoms with Gasteiger partial charge in [-0.2, -0.15) is 0 Å². The number of hydrogen-bond donors (Lipinski definition) is 0. The summed E-state index contributed by atoms with van der Waals surface area (Å²) in [6.45, 7) is 2.73. The highest BCUT2D eigenvalue weighted by molar-refractivity contribution is 6.31. The second kappa shape index (κ2) is 5.39. The summed E-state index contributed by atoms with van der Waals surface area (Å²) in [7, 11) is 0. The van der Waals surface area contributed by atoms with Crippen molar-refractivity contribution in [1.29, 1.82) is 0 Å². The number of hydrogen-bond acceptors (Lipinski definition) is 2. The molecule has 1 amide bonds. The first-order valence-corrected chi connectivity index (χ1v) is 8.06. The van der Waals surface area contributed by atoms with E-state index in [1.807, 2.05) is 52.8 Å². The monoisotopic (exact) mass is 325 g/mol. The number of aromatic nitrogens is 2. The van der Waals surface area contributed by atoms with Crippen molar-refractivity contribution >= 4 is 28.8 Å². The van der Waals surface area contributed by atoms with Gasteiger partial charge in [0.15, 0.2) is 0 Å². The van der Waals surface area contributed by atoms with Crippen LogP contribution in [-0.4, -0.2) is 21.8 Å². The number of rotatable bonds is 1. The molecule has 0 saturated carbocycles. The van der Waals surface area contributed by atoms with Crippen molar-refractivity contribution in [3.05, 3.63) is 64.6 Å². The van der Waals surface area contributed by atoms with Crippen LogP contribution in [0, 0.1) is 6.92 Å². The molecule has 0 N–H and O–H groups in total. The lowest BCUT2D eigenvalue weighted by molar-refractivity contribution is 0.0979. The largest absolute Gasteiger partial charge is 0.307 e. The van der Waals surface area contributed by atoms with Gasteiger partial charge in [0.25, 0.3) is 5.91 Å². The minimum absolute atomic E-state index is 0.0000255. The average molecular weight is 326 g/mol. The van der Waals surface area contributed by atoms with Crippen LogP contribution in [0.15, 0.2) is 42.7 Å². The van der Waals surface area contributed by atoms with E-state index in [9.17, 15) is 4.79 Å². The van der Waals surface area contributed by atoms with Crippen molar-refractivity contribution in [2.24, 2.45) is 0 Å². The van der Waals surface area contributed by atoms with Gasteiger partial charge in [0.1, 0.15) is 11.3 Å². The number of carbonyl (C=O) groups excluding carboxylic acids is 1. The molecule has 3 aromatic rings. The van der Waals surface area contributed by atoms with Gasteiger partial charge < -0.3 is 4.90 Å². The molecular weight excluding hydrogens is 310 g/mol. The zero-order valence-electron chi connectivity index (χ0n) is 12.8. The molecule has 0 saturated heterocycles. The lowest BCUT2D eigenvalue weighted by Gasteiger charge is -2.31. The summed E-state index contributed by atoms with van der Waals surface area (Å²) in [6, 6.07) is 9.50. The van der Waals surface area contributed by atoms with Gasteiger partial charge >= 0.3 is 0 Å². The van der Waals surface area contributed by atoms with Crippen molar-refractivity contribution in [3.63, 3.8) is 0 Å². The first-order valence-electron chi connectivity index (χ1n) is 7.68. The number of carbonyl (C=O) groups is 1. The molecule has 23 heavy (non-hydrogen) atoms. The zero-order valence-corrected chi connectivity index (χ0v) is 13.5. The van der Waals surface area contributed by atoms with Crippen molar-refractivity contribution in [2.45, 2.75) is 19.8 Å². The van der Waals surface area contributed by atoms with E-state index in [2.05, 4.69) is 4.98 Å². The molecule has 2 aromatic heterocycles. The lowest BCUT2D eigenvalue weighted by Crippen LogP contribution is -2.37. The Morgan fingerprint density at radius 1 is 1.30 bits per heavy atom. The number of imidazole rings is 1. The fourth-order valence-electron chi connectivity index (χ4n) is 3.38. The fourth-order valence-corrected chi connectivity index (χ4v) is 3.68. The zero-order chi connectivity index (χ0) is 16.0. The fraction of sp³-hybridized carbons (Fsp3) is 0.222. The van der Waals surface area contributed by atoms with Crippen molar-refractivity contribution in [2.75, 3.05) is 11.4 Å². The van der Waals surface area contributed by atoms with Gasteiger partial charge in [0.2, 0.25) is 0 Å². The van der Waals surface area contributed by atoms with Gasteiger partial charge in [-0.15, -0.1) is 0 Å². The number of benzene rings is 1. The molecule has 0 fully saturated rings. The first kappa shape index (κ1) is 14.3. The molecule has 1 aliphatic rings. The molecule has 3 heterocycles. The summed E-state index contributed by atoms with van der Waals surface area (Å²) in [5.74, 6) is -0.0000255. The first-order chi connectivity index (χ1) is 11.1. The second-order valence-electron chi connectivity index (χ2n) is 5.86. The van der Waals surface area contributed by atoms with E-state index < -0.39 is 0 Å². The molecule has 116 valence electrons. The number of halogens is 1. The third-order valence-electron chi connectivity index (χ3n) is 4.33. The van der Waals surface area contributed by atoms with Crippen LogP contribution in [0.3, 0.4) is 0 Å². The highest BCUT2D eigenvalue weighted by Crippen LogP contribution is 2.34. The molecule has 0 atom stereocenters. The normalized spacial score (nSPS) is 14.1. The molecule has 0 aliphatic carbocycles. The Labute approximate surface area is 139 Å².